The molecule has 1 aromatic carbocycles. The van der Waals surface area contributed by atoms with Gasteiger partial charge in [0.2, 0.25) is 0 Å². The highest BCUT2D eigenvalue weighted by Gasteiger charge is 2.28. The molecule has 0 aliphatic heterocycles. The number of nitrogens with two attached hydrogens (primary N) is 1. The molecule has 106 valence electrons. The number of hydrogen-bond donors (Lipinski definition) is 2. The Bertz CT molecular complexity index is 675. The number of ether oxygens (including phenoxy) is 1. The third-order valence-electron chi connectivity index (χ3n) is 3.25. The quantitative estimate of drug-likeness (QED) is 0.648. The highest BCUT2D eigenvalue weighted by molar-refractivity contribution is 7.98. The number of H-pyrrole nitrogens is 1. The second kappa shape index (κ2) is 5.24. The van der Waals surface area contributed by atoms with Gasteiger partial charge < -0.3 is 10.5 Å². The number of rotatable bonds is 5. The third-order valence-corrected chi connectivity index (χ3v) is 4.25. The Hall–Kier alpha value is -1.89. The van der Waals surface area contributed by atoms with Crippen LogP contribution in [0.5, 0.6) is 5.75 Å². The number of anilines is 1. The molecule has 1 aliphatic carbocycles. The van der Waals surface area contributed by atoms with E-state index in [0.717, 1.165) is 29.3 Å². The van der Waals surface area contributed by atoms with Gasteiger partial charge in [-0.1, -0.05) is 17.8 Å². The summed E-state index contributed by atoms with van der Waals surface area (Å²) in [6.45, 7) is 0. The summed E-state index contributed by atoms with van der Waals surface area (Å²) in [6.07, 6.45) is 2.11. The van der Waals surface area contributed by atoms with Gasteiger partial charge in [-0.2, -0.15) is 0 Å². The predicted octanol–water partition coefficient (Wildman–Crippen LogP) is 1.79. The second-order valence-electron chi connectivity index (χ2n) is 4.77. The first-order valence-electron chi connectivity index (χ1n) is 6.41. The van der Waals surface area contributed by atoms with Gasteiger partial charge in [-0.3, -0.25) is 4.57 Å². The molecule has 20 heavy (non-hydrogen) atoms. The SMILES string of the molecule is COc1cc(N)ccc1CSc1n[nH]c(=O)n1C1CC1. The number of aromatic nitrogens is 3. The van der Waals surface area contributed by atoms with Crippen LogP contribution in [0.3, 0.4) is 0 Å². The number of aromatic amines is 1. The summed E-state index contributed by atoms with van der Waals surface area (Å²) in [6, 6.07) is 5.90. The number of hydrogen-bond acceptors (Lipinski definition) is 5. The Morgan fingerprint density at radius 1 is 1.55 bits per heavy atom. The zero-order chi connectivity index (χ0) is 14.1. The van der Waals surface area contributed by atoms with Gasteiger partial charge in [0.15, 0.2) is 5.16 Å². The van der Waals surface area contributed by atoms with Crippen molar-refractivity contribution >= 4 is 17.4 Å². The summed E-state index contributed by atoms with van der Waals surface area (Å²) >= 11 is 1.52. The smallest absolute Gasteiger partial charge is 0.344 e. The van der Waals surface area contributed by atoms with Gasteiger partial charge in [-0.15, -0.1) is 5.10 Å². The first-order valence-corrected chi connectivity index (χ1v) is 7.39. The fourth-order valence-corrected chi connectivity index (χ4v) is 3.07. The van der Waals surface area contributed by atoms with Gasteiger partial charge in [0.1, 0.15) is 5.75 Å². The highest BCUT2D eigenvalue weighted by atomic mass is 32.2. The van der Waals surface area contributed by atoms with E-state index in [2.05, 4.69) is 10.2 Å². The summed E-state index contributed by atoms with van der Waals surface area (Å²) in [4.78, 5) is 11.7. The summed E-state index contributed by atoms with van der Waals surface area (Å²) in [5.41, 5.74) is 7.31. The van der Waals surface area contributed by atoms with E-state index >= 15 is 0 Å². The summed E-state index contributed by atoms with van der Waals surface area (Å²) in [5, 5.41) is 7.34. The van der Waals surface area contributed by atoms with Crippen molar-refractivity contribution in [1.82, 2.24) is 14.8 Å². The molecule has 0 amide bonds. The lowest BCUT2D eigenvalue weighted by Crippen LogP contribution is -2.16. The van der Waals surface area contributed by atoms with Crippen LogP contribution in [0, 0.1) is 0 Å². The molecule has 1 saturated carbocycles. The molecular formula is C13H16N4O2S. The molecule has 2 aromatic rings. The van der Waals surface area contributed by atoms with Crippen molar-refractivity contribution in [2.45, 2.75) is 29.8 Å². The van der Waals surface area contributed by atoms with E-state index in [1.807, 2.05) is 12.1 Å². The summed E-state index contributed by atoms with van der Waals surface area (Å²) in [7, 11) is 1.62. The van der Waals surface area contributed by atoms with E-state index in [9.17, 15) is 4.79 Å². The van der Waals surface area contributed by atoms with Crippen molar-refractivity contribution in [2.24, 2.45) is 0 Å². The monoisotopic (exact) mass is 292 g/mol. The van der Waals surface area contributed by atoms with Crippen molar-refractivity contribution < 1.29 is 4.74 Å². The normalized spacial score (nSPS) is 14.4. The first kappa shape index (κ1) is 13.1. The first-order chi connectivity index (χ1) is 9.69. The Labute approximate surface area is 120 Å². The number of nitrogens with zero attached hydrogens (tertiary/aromatic N) is 2. The third kappa shape index (κ3) is 2.53. The largest absolute Gasteiger partial charge is 0.496 e. The topological polar surface area (TPSA) is 85.9 Å². The zero-order valence-corrected chi connectivity index (χ0v) is 11.9. The van der Waals surface area contributed by atoms with Crippen LogP contribution in [0.1, 0.15) is 24.4 Å². The Morgan fingerprint density at radius 3 is 3.05 bits per heavy atom. The molecule has 0 spiro atoms. The average molecular weight is 292 g/mol. The van der Waals surface area contributed by atoms with Gasteiger partial charge in [-0.25, -0.2) is 9.89 Å². The molecule has 1 heterocycles. The Morgan fingerprint density at radius 2 is 2.35 bits per heavy atom. The van der Waals surface area contributed by atoms with Crippen molar-refractivity contribution in [1.29, 1.82) is 0 Å². The molecule has 3 N–H and O–H groups in total. The van der Waals surface area contributed by atoms with Gasteiger partial charge in [0.05, 0.1) is 7.11 Å². The number of nitrogens with one attached hydrogen (secondary N) is 1. The Kier molecular flexibility index (Phi) is 3.43. The molecule has 0 unspecified atom stereocenters. The number of thioether (sulfide) groups is 1. The molecule has 1 fully saturated rings. The van der Waals surface area contributed by atoms with E-state index in [1.54, 1.807) is 17.7 Å². The number of nitrogen functional groups attached to an aromatic ring is 1. The molecule has 1 aromatic heterocycles. The van der Waals surface area contributed by atoms with Crippen LogP contribution in [0.15, 0.2) is 28.2 Å². The van der Waals surface area contributed by atoms with Crippen LogP contribution in [0.2, 0.25) is 0 Å². The standard InChI is InChI=1S/C13H16N4O2S/c1-19-11-6-9(14)3-2-8(11)7-20-13-16-15-12(18)17(13)10-4-5-10/h2-3,6,10H,4-5,7,14H2,1H3,(H,15,18). The molecule has 1 aliphatic rings. The highest BCUT2D eigenvalue weighted by Crippen LogP contribution is 2.37. The molecule has 0 saturated heterocycles. The van der Waals surface area contributed by atoms with Gasteiger partial charge in [0, 0.05) is 29.1 Å². The van der Waals surface area contributed by atoms with E-state index in [1.165, 1.54) is 11.8 Å². The van der Waals surface area contributed by atoms with Gasteiger partial charge in [0.25, 0.3) is 0 Å². The predicted molar refractivity (Wildman–Crippen MR) is 78.1 cm³/mol. The minimum atomic E-state index is -0.126. The maximum atomic E-state index is 11.7. The van der Waals surface area contributed by atoms with E-state index < -0.39 is 0 Å². The van der Waals surface area contributed by atoms with Crippen molar-refractivity contribution in [3.05, 3.63) is 34.2 Å². The lowest BCUT2D eigenvalue weighted by molar-refractivity contribution is 0.411. The fraction of sp³-hybridized carbons (Fsp3) is 0.385. The van der Waals surface area contributed by atoms with Crippen LogP contribution >= 0.6 is 11.8 Å². The number of methoxy groups -OCH3 is 1. The minimum absolute atomic E-state index is 0.126. The van der Waals surface area contributed by atoms with Crippen LogP contribution in [-0.4, -0.2) is 21.9 Å². The summed E-state index contributed by atoms with van der Waals surface area (Å²) in [5.74, 6) is 1.44. The second-order valence-corrected chi connectivity index (χ2v) is 5.71. The van der Waals surface area contributed by atoms with Crippen LogP contribution in [0.25, 0.3) is 0 Å². The summed E-state index contributed by atoms with van der Waals surface area (Å²) < 4.78 is 7.06. The molecule has 0 bridgehead atoms. The van der Waals surface area contributed by atoms with E-state index in [4.69, 9.17) is 10.5 Å². The lowest BCUT2D eigenvalue weighted by atomic mass is 10.2. The average Bonchev–Trinajstić information content (AvgIpc) is 3.21. The molecule has 0 atom stereocenters. The van der Waals surface area contributed by atoms with Crippen LogP contribution in [0.4, 0.5) is 5.69 Å². The molecule has 7 heteroatoms. The van der Waals surface area contributed by atoms with Crippen molar-refractivity contribution in [2.75, 3.05) is 12.8 Å². The minimum Gasteiger partial charge on any atom is -0.496 e. The molecule has 3 rings (SSSR count). The maximum absolute atomic E-state index is 11.7. The van der Waals surface area contributed by atoms with Crippen LogP contribution in [-0.2, 0) is 5.75 Å². The molecule has 6 nitrogen and oxygen atoms in total. The Balaban J connectivity index is 1.78. The van der Waals surface area contributed by atoms with Gasteiger partial charge in [-0.05, 0) is 18.9 Å². The number of benzene rings is 1. The maximum Gasteiger partial charge on any atom is 0.344 e. The van der Waals surface area contributed by atoms with Crippen molar-refractivity contribution in [3.63, 3.8) is 0 Å². The fourth-order valence-electron chi connectivity index (χ4n) is 2.07. The van der Waals surface area contributed by atoms with Gasteiger partial charge >= 0.3 is 5.69 Å². The lowest BCUT2D eigenvalue weighted by Gasteiger charge is -2.09. The molecular weight excluding hydrogens is 276 g/mol. The molecule has 0 radical (unpaired) electrons. The zero-order valence-electron chi connectivity index (χ0n) is 11.1. The van der Waals surface area contributed by atoms with E-state index in [-0.39, 0.29) is 5.69 Å². The van der Waals surface area contributed by atoms with Crippen LogP contribution < -0.4 is 16.2 Å². The van der Waals surface area contributed by atoms with E-state index in [0.29, 0.717) is 17.5 Å². The van der Waals surface area contributed by atoms with Crippen molar-refractivity contribution in [3.8, 4) is 5.75 Å².